The molecule has 2 atom stereocenters. The van der Waals surface area contributed by atoms with Crippen LogP contribution in [-0.4, -0.2) is 9.97 Å². The highest BCUT2D eigenvalue weighted by Crippen LogP contribution is 2.55. The number of aromatic nitrogens is 2. The second-order valence-corrected chi connectivity index (χ2v) is 11.8. The van der Waals surface area contributed by atoms with Gasteiger partial charge in [0.25, 0.3) is 0 Å². The predicted octanol–water partition coefficient (Wildman–Crippen LogP) is 7.82. The lowest BCUT2D eigenvalue weighted by Crippen LogP contribution is -2.12. The fourth-order valence-electron chi connectivity index (χ4n) is 4.52. The summed E-state index contributed by atoms with van der Waals surface area (Å²) in [6.45, 7) is 0. The zero-order valence-electron chi connectivity index (χ0n) is 18.7. The fourth-order valence-corrected chi connectivity index (χ4v) is 8.39. The van der Waals surface area contributed by atoms with E-state index < -0.39 is 0 Å². The zero-order valence-corrected chi connectivity index (χ0v) is 21.2. The Bertz CT molecular complexity index is 1490. The number of anilines is 1. The highest BCUT2D eigenvalue weighted by atomic mass is 32.2. The normalized spacial score (nSPS) is 17.4. The van der Waals surface area contributed by atoms with Crippen molar-refractivity contribution < 1.29 is 4.39 Å². The lowest BCUT2D eigenvalue weighted by atomic mass is 9.98. The number of halogens is 1. The molecule has 3 nitrogen and oxygen atoms in total. The zero-order chi connectivity index (χ0) is 23.8. The third-order valence-electron chi connectivity index (χ3n) is 6.15. The molecular formula is C28H22FN3S3. The van der Waals surface area contributed by atoms with Crippen molar-refractivity contribution in [2.75, 3.05) is 5.73 Å². The standard InChI is InChI=1S/C28H22FN3S3/c29-20-13-7-8-17(14-20)16-33-28-31-26(30)23-21-15-22(18-9-3-1-4-10-18)34-24(19-11-5-2-6-12-19)25(21)35-27(23)32-28/h1-14,22,24H,15-16H2,(H2,30,31,32)/t22-,24+/m0/s1. The molecule has 0 bridgehead atoms. The Labute approximate surface area is 216 Å². The molecule has 2 N–H and O–H groups in total. The smallest absolute Gasteiger partial charge is 0.191 e. The second kappa shape index (κ2) is 9.64. The van der Waals surface area contributed by atoms with Crippen LogP contribution in [0.3, 0.4) is 0 Å². The molecule has 3 aromatic carbocycles. The Morgan fingerprint density at radius 3 is 2.40 bits per heavy atom. The number of rotatable bonds is 5. The van der Waals surface area contributed by atoms with Gasteiger partial charge in [-0.1, -0.05) is 84.6 Å². The molecule has 1 aliphatic rings. The first kappa shape index (κ1) is 22.6. The molecule has 0 saturated heterocycles. The van der Waals surface area contributed by atoms with Gasteiger partial charge < -0.3 is 5.73 Å². The summed E-state index contributed by atoms with van der Waals surface area (Å²) >= 11 is 5.21. The van der Waals surface area contributed by atoms with Gasteiger partial charge in [-0.05, 0) is 40.8 Å². The molecule has 0 aliphatic carbocycles. The van der Waals surface area contributed by atoms with Crippen LogP contribution in [-0.2, 0) is 12.2 Å². The van der Waals surface area contributed by atoms with E-state index in [1.54, 1.807) is 23.5 Å². The van der Waals surface area contributed by atoms with E-state index in [0.29, 0.717) is 22.0 Å². The van der Waals surface area contributed by atoms with Gasteiger partial charge in [0, 0.05) is 15.9 Å². The molecule has 35 heavy (non-hydrogen) atoms. The van der Waals surface area contributed by atoms with Crippen molar-refractivity contribution in [1.29, 1.82) is 0 Å². The number of thiophene rings is 1. The largest absolute Gasteiger partial charge is 0.383 e. The minimum absolute atomic E-state index is 0.215. The number of fused-ring (bicyclic) bond motifs is 3. The highest BCUT2D eigenvalue weighted by Gasteiger charge is 2.34. The molecule has 5 aromatic rings. The van der Waals surface area contributed by atoms with Crippen molar-refractivity contribution in [2.45, 2.75) is 27.8 Å². The molecule has 0 saturated carbocycles. The first-order chi connectivity index (χ1) is 17.2. The van der Waals surface area contributed by atoms with Gasteiger partial charge in [-0.25, -0.2) is 14.4 Å². The lowest BCUT2D eigenvalue weighted by Gasteiger charge is -2.30. The number of nitrogens with two attached hydrogens (primary N) is 1. The minimum atomic E-state index is -0.234. The molecular weight excluding hydrogens is 494 g/mol. The van der Waals surface area contributed by atoms with Gasteiger partial charge in [0.2, 0.25) is 0 Å². The van der Waals surface area contributed by atoms with Crippen molar-refractivity contribution in [1.82, 2.24) is 9.97 Å². The van der Waals surface area contributed by atoms with Crippen LogP contribution >= 0.6 is 34.9 Å². The summed E-state index contributed by atoms with van der Waals surface area (Å²) in [5.74, 6) is 0.883. The van der Waals surface area contributed by atoms with Crippen molar-refractivity contribution >= 4 is 50.9 Å². The summed E-state index contributed by atoms with van der Waals surface area (Å²) in [4.78, 5) is 11.8. The fraction of sp³-hybridized carbons (Fsp3) is 0.143. The monoisotopic (exact) mass is 515 g/mol. The molecule has 3 heterocycles. The Balaban J connectivity index is 1.40. The van der Waals surface area contributed by atoms with Crippen LogP contribution in [0.4, 0.5) is 10.2 Å². The van der Waals surface area contributed by atoms with Crippen LogP contribution in [0.2, 0.25) is 0 Å². The van der Waals surface area contributed by atoms with Crippen LogP contribution in [0.1, 0.15) is 37.6 Å². The second-order valence-electron chi connectivity index (χ2n) is 8.47. The van der Waals surface area contributed by atoms with Gasteiger partial charge in [-0.3, -0.25) is 0 Å². The van der Waals surface area contributed by atoms with Crippen molar-refractivity contribution in [3.8, 4) is 0 Å². The van der Waals surface area contributed by atoms with E-state index in [-0.39, 0.29) is 11.1 Å². The quantitative estimate of drug-likeness (QED) is 0.191. The maximum Gasteiger partial charge on any atom is 0.191 e. The van der Waals surface area contributed by atoms with Crippen molar-refractivity contribution in [3.05, 3.63) is 118 Å². The third kappa shape index (κ3) is 4.56. The van der Waals surface area contributed by atoms with Crippen LogP contribution < -0.4 is 5.73 Å². The SMILES string of the molecule is Nc1nc(SCc2cccc(F)c2)nc2sc3c(c12)C[C@@H](c1ccccc1)S[C@@H]3c1ccccc1. The molecule has 0 spiro atoms. The van der Waals surface area contributed by atoms with Crippen LogP contribution in [0.25, 0.3) is 10.2 Å². The van der Waals surface area contributed by atoms with Gasteiger partial charge in [-0.2, -0.15) is 0 Å². The molecule has 2 aromatic heterocycles. The Hall–Kier alpha value is -2.87. The van der Waals surface area contributed by atoms with E-state index in [9.17, 15) is 4.39 Å². The van der Waals surface area contributed by atoms with Crippen LogP contribution in [0.15, 0.2) is 90.1 Å². The van der Waals surface area contributed by atoms with Gasteiger partial charge in [0.1, 0.15) is 16.5 Å². The third-order valence-corrected chi connectivity index (χ3v) is 9.95. The average molecular weight is 516 g/mol. The Morgan fingerprint density at radius 2 is 1.66 bits per heavy atom. The number of nitrogen functional groups attached to an aromatic ring is 1. The molecule has 0 fully saturated rings. The summed E-state index contributed by atoms with van der Waals surface area (Å²) in [5.41, 5.74) is 11.3. The van der Waals surface area contributed by atoms with Crippen molar-refractivity contribution in [2.24, 2.45) is 0 Å². The van der Waals surface area contributed by atoms with E-state index in [0.717, 1.165) is 22.2 Å². The summed E-state index contributed by atoms with van der Waals surface area (Å²) in [5, 5.41) is 2.16. The van der Waals surface area contributed by atoms with E-state index in [1.807, 2.05) is 17.8 Å². The Kier molecular flexibility index (Phi) is 6.22. The van der Waals surface area contributed by atoms with E-state index in [4.69, 9.17) is 10.7 Å². The number of hydrogen-bond acceptors (Lipinski definition) is 6. The summed E-state index contributed by atoms with van der Waals surface area (Å²) in [6.07, 6.45) is 0.899. The summed E-state index contributed by atoms with van der Waals surface area (Å²) in [6, 6.07) is 28.0. The van der Waals surface area contributed by atoms with Gasteiger partial charge in [0.05, 0.1) is 10.6 Å². The molecule has 6 rings (SSSR count). The lowest BCUT2D eigenvalue weighted by molar-refractivity contribution is 0.626. The van der Waals surface area contributed by atoms with E-state index in [1.165, 1.54) is 39.4 Å². The number of nitrogens with zero attached hydrogens (tertiary/aromatic N) is 2. The minimum Gasteiger partial charge on any atom is -0.383 e. The highest BCUT2D eigenvalue weighted by molar-refractivity contribution is 8.00. The molecule has 7 heteroatoms. The maximum atomic E-state index is 13.6. The molecule has 0 unspecified atom stereocenters. The maximum absolute atomic E-state index is 13.6. The molecule has 174 valence electrons. The number of benzene rings is 3. The van der Waals surface area contributed by atoms with Crippen LogP contribution in [0, 0.1) is 5.82 Å². The van der Waals surface area contributed by atoms with Gasteiger partial charge in [0.15, 0.2) is 5.16 Å². The number of thioether (sulfide) groups is 2. The van der Waals surface area contributed by atoms with Crippen molar-refractivity contribution in [3.63, 3.8) is 0 Å². The Morgan fingerprint density at radius 1 is 0.914 bits per heavy atom. The molecule has 0 radical (unpaired) electrons. The first-order valence-electron chi connectivity index (χ1n) is 11.4. The predicted molar refractivity (Wildman–Crippen MR) is 147 cm³/mol. The molecule has 0 amide bonds. The average Bonchev–Trinajstić information content (AvgIpc) is 3.27. The summed E-state index contributed by atoms with van der Waals surface area (Å²) < 4.78 is 13.6. The number of hydrogen-bond donors (Lipinski definition) is 1. The summed E-state index contributed by atoms with van der Waals surface area (Å²) in [7, 11) is 0. The van der Waals surface area contributed by atoms with Gasteiger partial charge >= 0.3 is 0 Å². The van der Waals surface area contributed by atoms with E-state index in [2.05, 4.69) is 65.6 Å². The molecule has 1 aliphatic heterocycles. The van der Waals surface area contributed by atoms with Crippen LogP contribution in [0.5, 0.6) is 0 Å². The van der Waals surface area contributed by atoms with Gasteiger partial charge in [-0.15, -0.1) is 23.1 Å². The topological polar surface area (TPSA) is 51.8 Å². The van der Waals surface area contributed by atoms with E-state index >= 15 is 0 Å². The first-order valence-corrected chi connectivity index (χ1v) is 14.1.